The molecule has 3 rings (SSSR count). The van der Waals surface area contributed by atoms with E-state index in [0.717, 1.165) is 6.20 Å². The summed E-state index contributed by atoms with van der Waals surface area (Å²) in [4.78, 5) is 31.2. The van der Waals surface area contributed by atoms with Crippen LogP contribution in [-0.2, 0) is 14.3 Å². The lowest BCUT2D eigenvalue weighted by atomic mass is 10.2. The minimum Gasteiger partial charge on any atom is -0.491 e. The second-order valence-electron chi connectivity index (χ2n) is 7.59. The first-order valence-electron chi connectivity index (χ1n) is 11.1. The molecular formula is C24H27FN6O6. The van der Waals surface area contributed by atoms with Crippen molar-refractivity contribution in [3.63, 3.8) is 0 Å². The number of hydrogen-bond acceptors (Lipinski definition) is 10. The van der Waals surface area contributed by atoms with Crippen LogP contribution in [0, 0.1) is 5.82 Å². The van der Waals surface area contributed by atoms with Gasteiger partial charge in [0.25, 0.3) is 0 Å². The fraction of sp³-hybridized carbons (Fsp3) is 0.250. The number of hydrogen-bond donors (Lipinski definition) is 6. The van der Waals surface area contributed by atoms with Crippen LogP contribution in [0.2, 0.25) is 0 Å². The van der Waals surface area contributed by atoms with E-state index in [2.05, 4.69) is 31.2 Å². The zero-order valence-corrected chi connectivity index (χ0v) is 19.9. The monoisotopic (exact) mass is 514 g/mol. The number of aliphatic carboxylic acids is 1. The zero-order chi connectivity index (χ0) is 26.6. The number of nitrogens with zero attached hydrogens (tertiary/aromatic N) is 2. The second-order valence-corrected chi connectivity index (χ2v) is 7.59. The Morgan fingerprint density at radius 1 is 1.05 bits per heavy atom. The number of aliphatic hydroxyl groups excluding tert-OH is 1. The van der Waals surface area contributed by atoms with Crippen molar-refractivity contribution < 1.29 is 33.7 Å². The molecule has 0 saturated carbocycles. The summed E-state index contributed by atoms with van der Waals surface area (Å²) in [5, 5.41) is 28.8. The molecule has 3 aromatic rings. The highest BCUT2D eigenvalue weighted by molar-refractivity contribution is 5.93. The number of rotatable bonds is 14. The molecule has 37 heavy (non-hydrogen) atoms. The molecule has 1 aromatic heterocycles. The maximum atomic E-state index is 14.4. The summed E-state index contributed by atoms with van der Waals surface area (Å²) in [6.07, 6.45) is 1.03. The van der Waals surface area contributed by atoms with E-state index in [0.29, 0.717) is 36.0 Å². The molecule has 2 aromatic carbocycles. The topological polar surface area (TPSA) is 167 Å². The molecule has 6 N–H and O–H groups in total. The van der Waals surface area contributed by atoms with Crippen molar-refractivity contribution >= 4 is 40.7 Å². The molecule has 0 spiro atoms. The quantitative estimate of drug-likeness (QED) is 0.174. The molecule has 0 aliphatic rings. The number of ether oxygens (including phenoxy) is 2. The fourth-order valence-corrected chi connectivity index (χ4v) is 2.98. The Morgan fingerprint density at radius 3 is 2.51 bits per heavy atom. The van der Waals surface area contributed by atoms with Crippen LogP contribution >= 0.6 is 0 Å². The molecule has 196 valence electrons. The third kappa shape index (κ3) is 8.68. The number of carbonyl (C=O) groups excluding carboxylic acids is 1. The predicted molar refractivity (Wildman–Crippen MR) is 134 cm³/mol. The van der Waals surface area contributed by atoms with Gasteiger partial charge < -0.3 is 35.6 Å². The van der Waals surface area contributed by atoms with Gasteiger partial charge in [-0.1, -0.05) is 6.07 Å². The molecule has 1 heterocycles. The maximum Gasteiger partial charge on any atom is 0.323 e. The Labute approximate surface area is 211 Å². The van der Waals surface area contributed by atoms with Crippen molar-refractivity contribution in [1.29, 1.82) is 0 Å². The first-order valence-corrected chi connectivity index (χ1v) is 11.1. The van der Waals surface area contributed by atoms with E-state index in [1.165, 1.54) is 0 Å². The van der Waals surface area contributed by atoms with E-state index in [4.69, 9.17) is 19.7 Å². The lowest BCUT2D eigenvalue weighted by Gasteiger charge is -2.13. The Balaban J connectivity index is 1.61. The van der Waals surface area contributed by atoms with Gasteiger partial charge in [-0.3, -0.25) is 14.9 Å². The molecular weight excluding hydrogens is 487 g/mol. The van der Waals surface area contributed by atoms with Gasteiger partial charge in [0.2, 0.25) is 11.9 Å². The average Bonchev–Trinajstić information content (AvgIpc) is 2.87. The number of carbonyl (C=O) groups is 2. The molecule has 0 radical (unpaired) electrons. The number of benzene rings is 2. The highest BCUT2D eigenvalue weighted by Gasteiger charge is 2.16. The van der Waals surface area contributed by atoms with Crippen LogP contribution in [0.5, 0.6) is 5.75 Å². The third-order valence-electron chi connectivity index (χ3n) is 4.81. The second kappa shape index (κ2) is 13.7. The SMILES string of the molecule is COCCOc1ccc(Nc2ncc(F)c(Nc3cccc(NC(=O)CNC(CO)C(=O)O)c3)n2)cc1. The highest BCUT2D eigenvalue weighted by atomic mass is 19.1. The first-order chi connectivity index (χ1) is 17.9. The predicted octanol–water partition coefficient (Wildman–Crippen LogP) is 2.10. The first kappa shape index (κ1) is 27.3. The van der Waals surface area contributed by atoms with Gasteiger partial charge in [-0.2, -0.15) is 4.98 Å². The summed E-state index contributed by atoms with van der Waals surface area (Å²) in [5.74, 6) is -1.74. The molecule has 0 fully saturated rings. The van der Waals surface area contributed by atoms with E-state index in [1.54, 1.807) is 55.6 Å². The van der Waals surface area contributed by atoms with Crippen LogP contribution in [-0.4, -0.2) is 71.6 Å². The van der Waals surface area contributed by atoms with Crippen molar-refractivity contribution in [2.75, 3.05) is 49.4 Å². The van der Waals surface area contributed by atoms with Gasteiger partial charge in [0.05, 0.1) is 26.0 Å². The molecule has 0 aliphatic heterocycles. The number of carboxylic acids is 1. The summed E-state index contributed by atoms with van der Waals surface area (Å²) in [6, 6.07) is 12.2. The smallest absolute Gasteiger partial charge is 0.323 e. The summed E-state index contributed by atoms with van der Waals surface area (Å²) in [7, 11) is 1.59. The van der Waals surface area contributed by atoms with Crippen LogP contribution in [0.4, 0.5) is 33.2 Å². The minimum atomic E-state index is -1.27. The fourth-order valence-electron chi connectivity index (χ4n) is 2.98. The van der Waals surface area contributed by atoms with E-state index < -0.39 is 30.3 Å². The van der Waals surface area contributed by atoms with Gasteiger partial charge in [0.15, 0.2) is 11.6 Å². The average molecular weight is 515 g/mol. The van der Waals surface area contributed by atoms with Crippen molar-refractivity contribution in [2.24, 2.45) is 0 Å². The Morgan fingerprint density at radius 2 is 1.81 bits per heavy atom. The molecule has 0 saturated heterocycles. The van der Waals surface area contributed by atoms with Crippen LogP contribution in [0.3, 0.4) is 0 Å². The van der Waals surface area contributed by atoms with Gasteiger partial charge in [-0.05, 0) is 42.5 Å². The number of amides is 1. The number of halogens is 1. The summed E-state index contributed by atoms with van der Waals surface area (Å²) >= 11 is 0. The molecule has 0 aliphatic carbocycles. The zero-order valence-electron chi connectivity index (χ0n) is 19.9. The standard InChI is InChI=1S/C24H27FN6O6/c1-36-9-10-37-18-7-5-15(6-8-18)30-24-27-12-19(25)22(31-24)29-17-4-2-3-16(11-17)28-21(33)13-26-20(14-32)23(34)35/h2-8,11-12,20,26,32H,9-10,13-14H2,1H3,(H,28,33)(H,34,35)(H2,27,29,30,31). The molecule has 1 atom stereocenters. The van der Waals surface area contributed by atoms with Crippen LogP contribution in [0.15, 0.2) is 54.7 Å². The highest BCUT2D eigenvalue weighted by Crippen LogP contribution is 2.23. The van der Waals surface area contributed by atoms with E-state index in [1.807, 2.05) is 0 Å². The van der Waals surface area contributed by atoms with Gasteiger partial charge in [0.1, 0.15) is 18.4 Å². The molecule has 1 amide bonds. The number of nitrogens with one attached hydrogen (secondary N) is 4. The number of methoxy groups -OCH3 is 1. The lowest BCUT2D eigenvalue weighted by molar-refractivity contribution is -0.140. The number of anilines is 5. The normalized spacial score (nSPS) is 11.4. The number of carboxylic acid groups (broad SMARTS) is 1. The summed E-state index contributed by atoms with van der Waals surface area (Å²) < 4.78 is 24.9. The van der Waals surface area contributed by atoms with Crippen LogP contribution in [0.25, 0.3) is 0 Å². The van der Waals surface area contributed by atoms with Gasteiger partial charge in [0, 0.05) is 24.2 Å². The minimum absolute atomic E-state index is 0.0885. The van der Waals surface area contributed by atoms with E-state index in [-0.39, 0.29) is 18.3 Å². The van der Waals surface area contributed by atoms with Crippen LogP contribution < -0.4 is 26.0 Å². The van der Waals surface area contributed by atoms with E-state index in [9.17, 15) is 14.0 Å². The maximum absolute atomic E-state index is 14.4. The summed E-state index contributed by atoms with van der Waals surface area (Å²) in [6.45, 7) is -0.0808. The van der Waals surface area contributed by atoms with Gasteiger partial charge >= 0.3 is 5.97 Å². The van der Waals surface area contributed by atoms with Gasteiger partial charge in [-0.25, -0.2) is 9.37 Å². The Kier molecular flexibility index (Phi) is 10.1. The molecule has 13 heteroatoms. The molecule has 0 bridgehead atoms. The lowest BCUT2D eigenvalue weighted by Crippen LogP contribution is -2.43. The molecule has 12 nitrogen and oxygen atoms in total. The Bertz CT molecular complexity index is 1200. The third-order valence-corrected chi connectivity index (χ3v) is 4.81. The number of aromatic nitrogens is 2. The Hall–Kier alpha value is -4.33. The van der Waals surface area contributed by atoms with Crippen molar-refractivity contribution in [2.45, 2.75) is 6.04 Å². The van der Waals surface area contributed by atoms with Crippen molar-refractivity contribution in [3.05, 3.63) is 60.5 Å². The van der Waals surface area contributed by atoms with E-state index >= 15 is 0 Å². The van der Waals surface area contributed by atoms with Crippen LogP contribution in [0.1, 0.15) is 0 Å². The molecule has 1 unspecified atom stereocenters. The van der Waals surface area contributed by atoms with Crippen molar-refractivity contribution in [3.8, 4) is 5.75 Å². The number of aliphatic hydroxyl groups is 1. The van der Waals surface area contributed by atoms with Gasteiger partial charge in [-0.15, -0.1) is 0 Å². The summed E-state index contributed by atoms with van der Waals surface area (Å²) in [5.41, 5.74) is 1.49. The largest absolute Gasteiger partial charge is 0.491 e. The van der Waals surface area contributed by atoms with Crippen molar-refractivity contribution in [1.82, 2.24) is 15.3 Å².